The molecule has 1 fully saturated rings. The molecule has 1 aliphatic rings. The van der Waals surface area contributed by atoms with Gasteiger partial charge in [0.15, 0.2) is 0 Å². The first-order valence-electron chi connectivity index (χ1n) is 6.54. The van der Waals surface area contributed by atoms with E-state index >= 15 is 0 Å². The fourth-order valence-electron chi connectivity index (χ4n) is 2.15. The largest absolute Gasteiger partial charge is 0.389 e. The average molecular weight is 274 g/mol. The number of aliphatic hydroxyl groups excluding tert-OH is 1. The van der Waals surface area contributed by atoms with E-state index in [1.54, 1.807) is 19.1 Å². The summed E-state index contributed by atoms with van der Waals surface area (Å²) in [4.78, 5) is 13.7. The van der Waals surface area contributed by atoms with Crippen LogP contribution >= 0.6 is 0 Å². The van der Waals surface area contributed by atoms with Crippen LogP contribution in [0.2, 0.25) is 0 Å². The van der Waals surface area contributed by atoms with Gasteiger partial charge in [-0.05, 0) is 27.8 Å². The summed E-state index contributed by atoms with van der Waals surface area (Å²) in [6.07, 6.45) is -0.988. The van der Waals surface area contributed by atoms with Gasteiger partial charge in [-0.1, -0.05) is 0 Å². The predicted molar refractivity (Wildman–Crippen MR) is 71.9 cm³/mol. The summed E-state index contributed by atoms with van der Waals surface area (Å²) in [5, 5.41) is 13.1. The van der Waals surface area contributed by atoms with Crippen molar-refractivity contribution in [2.75, 3.05) is 33.9 Å². The lowest BCUT2D eigenvalue weighted by Crippen LogP contribution is -2.57. The molecule has 6 nitrogen and oxygen atoms in total. The van der Waals surface area contributed by atoms with E-state index in [0.29, 0.717) is 13.2 Å². The highest BCUT2D eigenvalue weighted by atomic mass is 16.5. The summed E-state index contributed by atoms with van der Waals surface area (Å²) in [6, 6.07) is -0.232. The van der Waals surface area contributed by atoms with Crippen LogP contribution in [-0.4, -0.2) is 73.6 Å². The van der Waals surface area contributed by atoms with E-state index in [1.165, 1.54) is 0 Å². The van der Waals surface area contributed by atoms with Gasteiger partial charge in [-0.25, -0.2) is 0 Å². The summed E-state index contributed by atoms with van der Waals surface area (Å²) in [7, 11) is 3.35. The molecule has 0 aromatic carbocycles. The SMILES string of the molecule is CO[C@@H]1COC[C@@H](N(C)CC(=O)NC(C)(C)C)[C@@H]1O. The second-order valence-electron chi connectivity index (χ2n) is 6.08. The van der Waals surface area contributed by atoms with Crippen molar-refractivity contribution in [1.29, 1.82) is 0 Å². The number of hydrogen-bond donors (Lipinski definition) is 2. The molecule has 3 atom stereocenters. The Morgan fingerprint density at radius 2 is 2.11 bits per heavy atom. The quantitative estimate of drug-likeness (QED) is 0.730. The second kappa shape index (κ2) is 6.65. The molecule has 0 bridgehead atoms. The Morgan fingerprint density at radius 3 is 2.63 bits per heavy atom. The van der Waals surface area contributed by atoms with Gasteiger partial charge >= 0.3 is 0 Å². The molecule has 2 N–H and O–H groups in total. The van der Waals surface area contributed by atoms with E-state index in [-0.39, 0.29) is 30.1 Å². The van der Waals surface area contributed by atoms with Crippen molar-refractivity contribution in [3.63, 3.8) is 0 Å². The van der Waals surface area contributed by atoms with Gasteiger partial charge in [0.25, 0.3) is 0 Å². The van der Waals surface area contributed by atoms with E-state index in [1.807, 2.05) is 20.8 Å². The molecule has 1 amide bonds. The van der Waals surface area contributed by atoms with Gasteiger partial charge in [-0.3, -0.25) is 9.69 Å². The topological polar surface area (TPSA) is 71.0 Å². The van der Waals surface area contributed by atoms with Gasteiger partial charge in [0, 0.05) is 12.6 Å². The van der Waals surface area contributed by atoms with Gasteiger partial charge in [-0.2, -0.15) is 0 Å². The van der Waals surface area contributed by atoms with Crippen molar-refractivity contribution in [1.82, 2.24) is 10.2 Å². The van der Waals surface area contributed by atoms with Crippen LogP contribution in [0.15, 0.2) is 0 Å². The summed E-state index contributed by atoms with van der Waals surface area (Å²) in [5.41, 5.74) is -0.255. The number of carbonyl (C=O) groups is 1. The maximum Gasteiger partial charge on any atom is 0.234 e. The molecule has 0 aliphatic carbocycles. The molecule has 6 heteroatoms. The second-order valence-corrected chi connectivity index (χ2v) is 6.08. The lowest BCUT2D eigenvalue weighted by atomic mass is 10.0. The normalized spacial score (nSPS) is 28.5. The van der Waals surface area contributed by atoms with Gasteiger partial charge in [0.05, 0.1) is 25.8 Å². The van der Waals surface area contributed by atoms with E-state index in [9.17, 15) is 9.90 Å². The van der Waals surface area contributed by atoms with Crippen LogP contribution in [-0.2, 0) is 14.3 Å². The number of nitrogens with one attached hydrogen (secondary N) is 1. The van der Waals surface area contributed by atoms with E-state index < -0.39 is 6.10 Å². The third-order valence-corrected chi connectivity index (χ3v) is 3.12. The number of carbonyl (C=O) groups excluding carboxylic acids is 1. The molecular formula is C13H26N2O4. The molecule has 0 unspecified atom stereocenters. The number of likely N-dealkylation sites (N-methyl/N-ethyl adjacent to an activating group) is 1. The number of nitrogens with zero attached hydrogens (tertiary/aromatic N) is 1. The minimum absolute atomic E-state index is 0.0678. The highest BCUT2D eigenvalue weighted by Crippen LogP contribution is 2.15. The van der Waals surface area contributed by atoms with Gasteiger partial charge in [0.1, 0.15) is 12.2 Å². The molecule has 0 saturated carbocycles. The third kappa shape index (κ3) is 5.06. The lowest BCUT2D eigenvalue weighted by molar-refractivity contribution is -0.145. The molecule has 0 radical (unpaired) electrons. The molecule has 0 spiro atoms. The molecule has 1 aliphatic heterocycles. The van der Waals surface area contributed by atoms with Crippen molar-refractivity contribution in [3.05, 3.63) is 0 Å². The molecule has 1 rings (SSSR count). The molecule has 0 aromatic heterocycles. The Labute approximate surface area is 115 Å². The summed E-state index contributed by atoms with van der Waals surface area (Å²) >= 11 is 0. The minimum atomic E-state index is -0.647. The zero-order chi connectivity index (χ0) is 14.6. The number of aliphatic hydroxyl groups is 1. The highest BCUT2D eigenvalue weighted by molar-refractivity contribution is 5.78. The first-order valence-corrected chi connectivity index (χ1v) is 6.54. The van der Waals surface area contributed by atoms with Crippen LogP contribution in [0, 0.1) is 0 Å². The van der Waals surface area contributed by atoms with Crippen LogP contribution in [0.5, 0.6) is 0 Å². The Kier molecular flexibility index (Phi) is 5.73. The molecule has 1 heterocycles. The molecule has 1 saturated heterocycles. The zero-order valence-corrected chi connectivity index (χ0v) is 12.5. The van der Waals surface area contributed by atoms with Gasteiger partial charge in [0.2, 0.25) is 5.91 Å². The van der Waals surface area contributed by atoms with Crippen molar-refractivity contribution >= 4 is 5.91 Å². The fourth-order valence-corrected chi connectivity index (χ4v) is 2.15. The van der Waals surface area contributed by atoms with Gasteiger partial charge < -0.3 is 19.9 Å². The Bertz CT molecular complexity index is 304. The number of ether oxygens (including phenoxy) is 2. The van der Waals surface area contributed by atoms with E-state index in [2.05, 4.69) is 5.32 Å². The van der Waals surface area contributed by atoms with Crippen LogP contribution in [0.4, 0.5) is 0 Å². The van der Waals surface area contributed by atoms with Crippen molar-refractivity contribution in [2.45, 2.75) is 44.6 Å². The highest BCUT2D eigenvalue weighted by Gasteiger charge is 2.35. The van der Waals surface area contributed by atoms with Crippen LogP contribution < -0.4 is 5.32 Å². The lowest BCUT2D eigenvalue weighted by Gasteiger charge is -2.38. The number of hydrogen-bond acceptors (Lipinski definition) is 5. The standard InChI is InChI=1S/C13H26N2O4/c1-13(2,3)14-11(16)6-15(4)9-7-19-8-10(18-5)12(9)17/h9-10,12,17H,6-8H2,1-5H3,(H,14,16)/t9-,10-,12+/m1/s1. The molecule has 19 heavy (non-hydrogen) atoms. The van der Waals surface area contributed by atoms with Crippen LogP contribution in [0.3, 0.4) is 0 Å². The Balaban J connectivity index is 2.52. The predicted octanol–water partition coefficient (Wildman–Crippen LogP) is -0.392. The monoisotopic (exact) mass is 274 g/mol. The smallest absolute Gasteiger partial charge is 0.234 e. The number of methoxy groups -OCH3 is 1. The van der Waals surface area contributed by atoms with Crippen LogP contribution in [0.25, 0.3) is 0 Å². The van der Waals surface area contributed by atoms with Crippen LogP contribution in [0.1, 0.15) is 20.8 Å². The summed E-state index contributed by atoms with van der Waals surface area (Å²) in [6.45, 7) is 6.81. The summed E-state index contributed by atoms with van der Waals surface area (Å²) in [5.74, 6) is -0.0678. The first kappa shape index (κ1) is 16.4. The van der Waals surface area contributed by atoms with Crippen molar-refractivity contribution in [3.8, 4) is 0 Å². The van der Waals surface area contributed by atoms with Crippen molar-refractivity contribution in [2.24, 2.45) is 0 Å². The summed E-state index contributed by atoms with van der Waals surface area (Å²) < 4.78 is 10.6. The molecule has 112 valence electrons. The fraction of sp³-hybridized carbons (Fsp3) is 0.923. The minimum Gasteiger partial charge on any atom is -0.389 e. The first-order chi connectivity index (χ1) is 8.74. The van der Waals surface area contributed by atoms with E-state index in [4.69, 9.17) is 9.47 Å². The molecule has 0 aromatic rings. The van der Waals surface area contributed by atoms with Gasteiger partial charge in [-0.15, -0.1) is 0 Å². The maximum absolute atomic E-state index is 11.9. The number of rotatable bonds is 4. The maximum atomic E-state index is 11.9. The third-order valence-electron chi connectivity index (χ3n) is 3.12. The van der Waals surface area contributed by atoms with E-state index in [0.717, 1.165) is 0 Å². The number of amides is 1. The molecular weight excluding hydrogens is 248 g/mol. The Morgan fingerprint density at radius 1 is 1.47 bits per heavy atom. The zero-order valence-electron chi connectivity index (χ0n) is 12.5. The average Bonchev–Trinajstić information content (AvgIpc) is 2.26. The van der Waals surface area contributed by atoms with Crippen molar-refractivity contribution < 1.29 is 19.4 Å². The Hall–Kier alpha value is -0.690.